The van der Waals surface area contributed by atoms with E-state index in [-0.39, 0.29) is 6.16 Å². The summed E-state index contributed by atoms with van der Waals surface area (Å²) >= 11 is 0. The second kappa shape index (κ2) is 4.52. The molecule has 0 aliphatic carbocycles. The van der Waals surface area contributed by atoms with Crippen molar-refractivity contribution in [3.8, 4) is 16.9 Å². The Morgan fingerprint density at radius 2 is 1.74 bits per heavy atom. The molecule has 0 fully saturated rings. The van der Waals surface area contributed by atoms with Crippen LogP contribution in [0.15, 0.2) is 48.5 Å². The van der Waals surface area contributed by atoms with E-state index < -0.39 is 13.5 Å². The summed E-state index contributed by atoms with van der Waals surface area (Å²) in [6, 6.07) is 15.1. The molecular weight excluding hydrogens is 259 g/mol. The molecule has 0 radical (unpaired) electrons. The van der Waals surface area contributed by atoms with E-state index in [9.17, 15) is 9.67 Å². The lowest BCUT2D eigenvalue weighted by Gasteiger charge is -2.29. The van der Waals surface area contributed by atoms with Gasteiger partial charge in [-0.15, -0.1) is 0 Å². The van der Waals surface area contributed by atoms with Crippen molar-refractivity contribution in [2.45, 2.75) is 13.0 Å². The third-order valence-electron chi connectivity index (χ3n) is 3.20. The molecule has 3 nitrogen and oxygen atoms in total. The SMILES string of the molecule is CC(O)CP1(=O)Oc2ccccc2-c2ccccc21. The summed E-state index contributed by atoms with van der Waals surface area (Å²) in [5.74, 6) is 0.630. The van der Waals surface area contributed by atoms with Gasteiger partial charge in [-0.2, -0.15) is 0 Å². The summed E-state index contributed by atoms with van der Waals surface area (Å²) in [6.07, 6.45) is -0.526. The van der Waals surface area contributed by atoms with Gasteiger partial charge in [0.15, 0.2) is 0 Å². The van der Waals surface area contributed by atoms with Crippen LogP contribution in [0.3, 0.4) is 0 Å². The van der Waals surface area contributed by atoms with Crippen molar-refractivity contribution in [3.63, 3.8) is 0 Å². The van der Waals surface area contributed by atoms with Crippen LogP contribution in [-0.4, -0.2) is 17.4 Å². The van der Waals surface area contributed by atoms with Gasteiger partial charge in [-0.25, -0.2) is 0 Å². The minimum atomic E-state index is -3.04. The predicted molar refractivity (Wildman–Crippen MR) is 76.3 cm³/mol. The average Bonchev–Trinajstić information content (AvgIpc) is 2.38. The number of benzene rings is 2. The minimum absolute atomic E-state index is 0.137. The zero-order valence-electron chi connectivity index (χ0n) is 10.6. The van der Waals surface area contributed by atoms with Crippen LogP contribution in [0.25, 0.3) is 11.1 Å². The number of aliphatic hydroxyl groups excluding tert-OH is 1. The van der Waals surface area contributed by atoms with Crippen molar-refractivity contribution < 1.29 is 14.2 Å². The molecule has 2 atom stereocenters. The molecule has 1 aliphatic heterocycles. The Bertz CT molecular complexity index is 664. The molecule has 4 heteroatoms. The molecule has 0 bridgehead atoms. The number of fused-ring (bicyclic) bond motifs is 3. The fourth-order valence-corrected chi connectivity index (χ4v) is 4.88. The number of para-hydroxylation sites is 1. The van der Waals surface area contributed by atoms with Gasteiger partial charge in [0.25, 0.3) is 7.37 Å². The van der Waals surface area contributed by atoms with E-state index in [0.29, 0.717) is 11.1 Å². The van der Waals surface area contributed by atoms with Crippen molar-refractivity contribution in [2.75, 3.05) is 6.16 Å². The van der Waals surface area contributed by atoms with E-state index >= 15 is 0 Å². The van der Waals surface area contributed by atoms with Gasteiger partial charge in [0.2, 0.25) is 0 Å². The minimum Gasteiger partial charge on any atom is -0.439 e. The quantitative estimate of drug-likeness (QED) is 0.856. The second-order valence-electron chi connectivity index (χ2n) is 4.81. The van der Waals surface area contributed by atoms with E-state index in [2.05, 4.69) is 0 Å². The van der Waals surface area contributed by atoms with Crippen molar-refractivity contribution >= 4 is 12.7 Å². The highest BCUT2D eigenvalue weighted by Gasteiger charge is 2.36. The summed E-state index contributed by atoms with van der Waals surface area (Å²) in [5, 5.41) is 10.3. The molecule has 0 saturated heterocycles. The Labute approximate surface area is 112 Å². The van der Waals surface area contributed by atoms with Crippen LogP contribution in [0.2, 0.25) is 0 Å². The van der Waals surface area contributed by atoms with Crippen LogP contribution in [0.5, 0.6) is 5.75 Å². The maximum absolute atomic E-state index is 13.0. The molecule has 0 amide bonds. The van der Waals surface area contributed by atoms with Crippen molar-refractivity contribution in [1.29, 1.82) is 0 Å². The smallest absolute Gasteiger partial charge is 0.280 e. The molecule has 2 aromatic rings. The van der Waals surface area contributed by atoms with E-state index in [4.69, 9.17) is 4.52 Å². The predicted octanol–water partition coefficient (Wildman–Crippen LogP) is 3.03. The molecule has 0 spiro atoms. The highest BCUT2D eigenvalue weighted by atomic mass is 31.2. The monoisotopic (exact) mass is 274 g/mol. The molecule has 2 unspecified atom stereocenters. The molecule has 0 saturated carbocycles. The molecule has 98 valence electrons. The Balaban J connectivity index is 2.22. The van der Waals surface area contributed by atoms with Gasteiger partial charge >= 0.3 is 0 Å². The normalized spacial score (nSPS) is 22.0. The lowest BCUT2D eigenvalue weighted by Crippen LogP contribution is -2.23. The Morgan fingerprint density at radius 1 is 1.11 bits per heavy atom. The number of hydrogen-bond donors (Lipinski definition) is 1. The first-order chi connectivity index (χ1) is 9.10. The molecule has 19 heavy (non-hydrogen) atoms. The highest BCUT2D eigenvalue weighted by molar-refractivity contribution is 7.67. The van der Waals surface area contributed by atoms with Crippen LogP contribution < -0.4 is 9.83 Å². The third kappa shape index (κ3) is 2.09. The van der Waals surface area contributed by atoms with Crippen LogP contribution in [0.1, 0.15) is 6.92 Å². The Hall–Kier alpha value is -1.57. The standard InChI is InChI=1S/C15H15O3P/c1-11(16)10-19(17)15-9-5-3-7-13(15)12-6-2-4-8-14(12)18-19/h2-9,11,16H,10H2,1H3. The maximum atomic E-state index is 13.0. The molecule has 1 heterocycles. The number of hydrogen-bond acceptors (Lipinski definition) is 3. The average molecular weight is 274 g/mol. The summed E-state index contributed by atoms with van der Waals surface area (Å²) in [5.41, 5.74) is 1.89. The summed E-state index contributed by atoms with van der Waals surface area (Å²) in [4.78, 5) is 0. The topological polar surface area (TPSA) is 46.5 Å². The highest BCUT2D eigenvalue weighted by Crippen LogP contribution is 2.54. The summed E-state index contributed by atoms with van der Waals surface area (Å²) < 4.78 is 18.8. The van der Waals surface area contributed by atoms with E-state index in [1.165, 1.54) is 0 Å². The Kier molecular flexibility index (Phi) is 2.96. The summed E-state index contributed by atoms with van der Waals surface area (Å²) in [7, 11) is -3.04. The van der Waals surface area contributed by atoms with Gasteiger partial charge in [0.05, 0.1) is 17.6 Å². The molecular formula is C15H15O3P. The van der Waals surface area contributed by atoms with Crippen molar-refractivity contribution in [2.24, 2.45) is 0 Å². The van der Waals surface area contributed by atoms with Gasteiger partial charge in [-0.3, -0.25) is 4.57 Å². The fourth-order valence-electron chi connectivity index (χ4n) is 2.46. The number of aliphatic hydroxyl groups is 1. The number of rotatable bonds is 2. The molecule has 2 aromatic carbocycles. The van der Waals surface area contributed by atoms with Crippen molar-refractivity contribution in [1.82, 2.24) is 0 Å². The largest absolute Gasteiger partial charge is 0.439 e. The lowest BCUT2D eigenvalue weighted by molar-refractivity contribution is 0.215. The molecule has 1 aliphatic rings. The van der Waals surface area contributed by atoms with Gasteiger partial charge in [0, 0.05) is 5.56 Å². The van der Waals surface area contributed by atoms with Crippen LogP contribution in [0.4, 0.5) is 0 Å². The Morgan fingerprint density at radius 3 is 2.47 bits per heavy atom. The first-order valence-electron chi connectivity index (χ1n) is 6.26. The van der Waals surface area contributed by atoms with E-state index in [0.717, 1.165) is 11.1 Å². The molecule has 1 N–H and O–H groups in total. The van der Waals surface area contributed by atoms with Gasteiger partial charge in [-0.1, -0.05) is 36.4 Å². The zero-order chi connectivity index (χ0) is 13.5. The van der Waals surface area contributed by atoms with E-state index in [1.54, 1.807) is 6.92 Å². The first-order valence-corrected chi connectivity index (χ1v) is 8.07. The maximum Gasteiger partial charge on any atom is 0.280 e. The van der Waals surface area contributed by atoms with Crippen molar-refractivity contribution in [3.05, 3.63) is 48.5 Å². The van der Waals surface area contributed by atoms with Crippen LogP contribution in [0, 0.1) is 0 Å². The van der Waals surface area contributed by atoms with Gasteiger partial charge in [-0.05, 0) is 24.6 Å². The summed E-state index contributed by atoms with van der Waals surface area (Å²) in [6.45, 7) is 1.63. The lowest BCUT2D eigenvalue weighted by atomic mass is 10.0. The fraction of sp³-hybridized carbons (Fsp3) is 0.200. The van der Waals surface area contributed by atoms with E-state index in [1.807, 2.05) is 48.5 Å². The molecule has 0 aromatic heterocycles. The van der Waals surface area contributed by atoms with Gasteiger partial charge in [0.1, 0.15) is 5.75 Å². The zero-order valence-corrected chi connectivity index (χ0v) is 11.5. The molecule has 3 rings (SSSR count). The van der Waals surface area contributed by atoms with Crippen LogP contribution >= 0.6 is 7.37 Å². The van der Waals surface area contributed by atoms with Crippen LogP contribution in [-0.2, 0) is 4.57 Å². The third-order valence-corrected chi connectivity index (χ3v) is 5.82. The second-order valence-corrected chi connectivity index (χ2v) is 7.19. The van der Waals surface area contributed by atoms with Gasteiger partial charge < -0.3 is 9.63 Å². The first kappa shape index (κ1) is 12.5.